The molecule has 152 valence electrons. The fraction of sp³-hybridized carbons (Fsp3) is 0.600. The van der Waals surface area contributed by atoms with Crippen LogP contribution in [0.5, 0.6) is 0 Å². The summed E-state index contributed by atoms with van der Waals surface area (Å²) in [7, 11) is 0. The highest BCUT2D eigenvalue weighted by atomic mass is 35.5. The number of esters is 2. The first-order chi connectivity index (χ1) is 13.0. The van der Waals surface area contributed by atoms with Gasteiger partial charge in [-0.3, -0.25) is 9.59 Å². The number of carbonyl (C=O) groups is 2. The lowest BCUT2D eigenvalue weighted by Gasteiger charge is -2.18. The van der Waals surface area contributed by atoms with Crippen LogP contribution in [0.3, 0.4) is 0 Å². The molecule has 0 spiro atoms. The zero-order chi connectivity index (χ0) is 20.1. The van der Waals surface area contributed by atoms with Gasteiger partial charge in [-0.2, -0.15) is 0 Å². The van der Waals surface area contributed by atoms with E-state index in [1.54, 1.807) is 12.1 Å². The number of rotatable bonds is 13. The van der Waals surface area contributed by atoms with Crippen molar-refractivity contribution in [2.75, 3.05) is 18.1 Å². The molecule has 0 aromatic heterocycles. The van der Waals surface area contributed by atoms with E-state index in [-0.39, 0.29) is 28.4 Å². The standard InChI is InChI=1S/C20H29ClO4S2/c1-4-6-12-24-19(22)13-26-15(3)27-14-20(23)25-18(7-5-2)16-8-10-17(21)11-9-16/h8-11,15,18H,4-7,12-14H2,1-3H3. The second kappa shape index (κ2) is 14.2. The second-order valence-electron chi connectivity index (χ2n) is 6.08. The molecule has 0 heterocycles. The summed E-state index contributed by atoms with van der Waals surface area (Å²) in [6, 6.07) is 7.40. The van der Waals surface area contributed by atoms with Crippen molar-refractivity contribution in [3.05, 3.63) is 34.9 Å². The van der Waals surface area contributed by atoms with E-state index in [4.69, 9.17) is 21.1 Å². The Morgan fingerprint density at radius 1 is 1.04 bits per heavy atom. The average Bonchev–Trinajstić information content (AvgIpc) is 2.65. The summed E-state index contributed by atoms with van der Waals surface area (Å²) in [6.07, 6.45) is 3.33. The van der Waals surface area contributed by atoms with Crippen molar-refractivity contribution in [3.63, 3.8) is 0 Å². The molecule has 0 aliphatic heterocycles. The predicted molar refractivity (Wildman–Crippen MR) is 115 cm³/mol. The van der Waals surface area contributed by atoms with Crippen LogP contribution in [0.25, 0.3) is 0 Å². The normalized spacial score (nSPS) is 13.0. The summed E-state index contributed by atoms with van der Waals surface area (Å²) in [6.45, 7) is 6.57. The Labute approximate surface area is 176 Å². The molecule has 27 heavy (non-hydrogen) atoms. The van der Waals surface area contributed by atoms with E-state index in [1.165, 1.54) is 23.5 Å². The van der Waals surface area contributed by atoms with Crippen LogP contribution < -0.4 is 0 Å². The van der Waals surface area contributed by atoms with Crippen molar-refractivity contribution in [1.29, 1.82) is 0 Å². The molecule has 0 saturated heterocycles. The van der Waals surface area contributed by atoms with Gasteiger partial charge in [-0.05, 0) is 37.5 Å². The van der Waals surface area contributed by atoms with E-state index in [9.17, 15) is 9.59 Å². The number of hydrogen-bond donors (Lipinski definition) is 0. The molecule has 0 amide bonds. The van der Waals surface area contributed by atoms with Crippen molar-refractivity contribution >= 4 is 47.1 Å². The van der Waals surface area contributed by atoms with Crippen molar-refractivity contribution in [2.24, 2.45) is 0 Å². The van der Waals surface area contributed by atoms with E-state index in [1.807, 2.05) is 19.1 Å². The third-order valence-corrected chi connectivity index (χ3v) is 6.51. The van der Waals surface area contributed by atoms with Crippen molar-refractivity contribution in [3.8, 4) is 0 Å². The van der Waals surface area contributed by atoms with E-state index < -0.39 is 0 Å². The fourth-order valence-corrected chi connectivity index (χ4v) is 4.03. The van der Waals surface area contributed by atoms with Crippen molar-refractivity contribution in [2.45, 2.75) is 57.1 Å². The average molecular weight is 433 g/mol. The Bertz CT molecular complexity index is 566. The minimum atomic E-state index is -0.253. The van der Waals surface area contributed by atoms with Gasteiger partial charge in [0.05, 0.1) is 18.1 Å². The third kappa shape index (κ3) is 10.9. The van der Waals surface area contributed by atoms with Crippen LogP contribution in [0.1, 0.15) is 58.1 Å². The van der Waals surface area contributed by atoms with Gasteiger partial charge in [0.25, 0.3) is 0 Å². The summed E-state index contributed by atoms with van der Waals surface area (Å²) in [5, 5.41) is 0.662. The summed E-state index contributed by atoms with van der Waals surface area (Å²) in [5.41, 5.74) is 0.955. The summed E-state index contributed by atoms with van der Waals surface area (Å²) in [5.74, 6) is 0.115. The van der Waals surface area contributed by atoms with Crippen LogP contribution in [0, 0.1) is 0 Å². The van der Waals surface area contributed by atoms with Gasteiger partial charge in [0.2, 0.25) is 0 Å². The Hall–Kier alpha value is -0.850. The van der Waals surface area contributed by atoms with Gasteiger partial charge in [0, 0.05) is 9.60 Å². The first-order valence-electron chi connectivity index (χ1n) is 9.30. The topological polar surface area (TPSA) is 52.6 Å². The molecule has 0 aliphatic rings. The molecule has 0 N–H and O–H groups in total. The van der Waals surface area contributed by atoms with E-state index in [0.29, 0.717) is 17.4 Å². The fourth-order valence-electron chi connectivity index (χ4n) is 2.22. The number of carbonyl (C=O) groups excluding carboxylic acids is 2. The molecule has 4 nitrogen and oxygen atoms in total. The van der Waals surface area contributed by atoms with Gasteiger partial charge >= 0.3 is 11.9 Å². The Kier molecular flexibility index (Phi) is 12.7. The number of benzene rings is 1. The molecule has 1 aromatic rings. The minimum absolute atomic E-state index is 0.108. The van der Waals surface area contributed by atoms with Crippen LogP contribution in [0.4, 0.5) is 0 Å². The molecule has 2 atom stereocenters. The van der Waals surface area contributed by atoms with E-state index >= 15 is 0 Å². The maximum atomic E-state index is 12.2. The zero-order valence-electron chi connectivity index (χ0n) is 16.2. The lowest BCUT2D eigenvalue weighted by molar-refractivity contribution is -0.146. The van der Waals surface area contributed by atoms with Gasteiger partial charge < -0.3 is 9.47 Å². The van der Waals surface area contributed by atoms with E-state index in [0.717, 1.165) is 31.2 Å². The molecule has 7 heteroatoms. The van der Waals surface area contributed by atoms with Crippen LogP contribution in [-0.4, -0.2) is 34.6 Å². The zero-order valence-corrected chi connectivity index (χ0v) is 18.6. The van der Waals surface area contributed by atoms with Crippen LogP contribution >= 0.6 is 35.1 Å². The smallest absolute Gasteiger partial charge is 0.316 e. The van der Waals surface area contributed by atoms with Gasteiger partial charge in [-0.15, -0.1) is 23.5 Å². The summed E-state index contributed by atoms with van der Waals surface area (Å²) >= 11 is 8.87. The lowest BCUT2D eigenvalue weighted by atomic mass is 10.1. The first kappa shape index (κ1) is 24.2. The monoisotopic (exact) mass is 432 g/mol. The molecule has 2 unspecified atom stereocenters. The maximum Gasteiger partial charge on any atom is 0.316 e. The molecule has 0 fully saturated rings. The van der Waals surface area contributed by atoms with Crippen LogP contribution in [0.2, 0.25) is 5.02 Å². The van der Waals surface area contributed by atoms with Crippen molar-refractivity contribution in [1.82, 2.24) is 0 Å². The van der Waals surface area contributed by atoms with Gasteiger partial charge in [0.1, 0.15) is 6.10 Å². The number of ether oxygens (including phenoxy) is 2. The quantitative estimate of drug-likeness (QED) is 0.220. The lowest BCUT2D eigenvalue weighted by Crippen LogP contribution is -2.15. The number of halogens is 1. The number of hydrogen-bond acceptors (Lipinski definition) is 6. The molecule has 0 bridgehead atoms. The van der Waals surface area contributed by atoms with Crippen molar-refractivity contribution < 1.29 is 19.1 Å². The van der Waals surface area contributed by atoms with Crippen LogP contribution in [0.15, 0.2) is 24.3 Å². The highest BCUT2D eigenvalue weighted by Gasteiger charge is 2.17. The van der Waals surface area contributed by atoms with Gasteiger partial charge in [-0.1, -0.05) is 50.4 Å². The largest absolute Gasteiger partial charge is 0.465 e. The minimum Gasteiger partial charge on any atom is -0.465 e. The Balaban J connectivity index is 2.34. The number of unbranched alkanes of at least 4 members (excludes halogenated alkanes) is 1. The molecule has 0 radical (unpaired) electrons. The van der Waals surface area contributed by atoms with Crippen LogP contribution in [-0.2, 0) is 19.1 Å². The second-order valence-corrected chi connectivity index (χ2v) is 9.48. The first-order valence-corrected chi connectivity index (χ1v) is 11.8. The Morgan fingerprint density at radius 2 is 1.67 bits per heavy atom. The highest BCUT2D eigenvalue weighted by Crippen LogP contribution is 2.27. The molecule has 0 aliphatic carbocycles. The molecular formula is C20H29ClO4S2. The maximum absolute atomic E-state index is 12.2. The molecular weight excluding hydrogens is 404 g/mol. The van der Waals surface area contributed by atoms with Gasteiger partial charge in [-0.25, -0.2) is 0 Å². The third-order valence-electron chi connectivity index (χ3n) is 3.70. The highest BCUT2D eigenvalue weighted by molar-refractivity contribution is 8.17. The van der Waals surface area contributed by atoms with Gasteiger partial charge in [0.15, 0.2) is 0 Å². The molecule has 0 saturated carbocycles. The summed E-state index contributed by atoms with van der Waals surface area (Å²) in [4.78, 5) is 23.8. The van der Waals surface area contributed by atoms with E-state index in [2.05, 4.69) is 13.8 Å². The SMILES string of the molecule is CCCCOC(=O)CSC(C)SCC(=O)OC(CCC)c1ccc(Cl)cc1. The predicted octanol–water partition coefficient (Wildman–Crippen LogP) is 5.88. The summed E-state index contributed by atoms with van der Waals surface area (Å²) < 4.78 is 10.9. The Morgan fingerprint density at radius 3 is 2.26 bits per heavy atom. The number of thioether (sulfide) groups is 2. The molecule has 1 aromatic carbocycles. The molecule has 1 rings (SSSR count).